The van der Waals surface area contributed by atoms with E-state index in [0.717, 1.165) is 18.3 Å². The van der Waals surface area contributed by atoms with Gasteiger partial charge in [0.25, 0.3) is 5.91 Å². The fourth-order valence-corrected chi connectivity index (χ4v) is 4.66. The molecule has 30 heavy (non-hydrogen) atoms. The highest BCUT2D eigenvalue weighted by Crippen LogP contribution is 2.38. The molecule has 1 amide bonds. The van der Waals surface area contributed by atoms with E-state index >= 15 is 0 Å². The SMILES string of the molecule is CC1(C)C(N)=N[C@](C)(c2cc(NC(=O)c3ccc(F)cn3)ccc2F)CCS1(=O)=O. The molecule has 0 saturated carbocycles. The monoisotopic (exact) mass is 436 g/mol. The molecule has 2 heterocycles. The van der Waals surface area contributed by atoms with Gasteiger partial charge in [0.05, 0.1) is 17.5 Å². The number of rotatable bonds is 3. The molecule has 0 saturated heterocycles. The molecule has 160 valence electrons. The fourth-order valence-electron chi connectivity index (χ4n) is 3.12. The first-order valence-corrected chi connectivity index (χ1v) is 10.8. The Morgan fingerprint density at radius 1 is 1.17 bits per heavy atom. The molecule has 0 spiro atoms. The topological polar surface area (TPSA) is 115 Å². The van der Waals surface area contributed by atoms with Gasteiger partial charge in [0.1, 0.15) is 27.9 Å². The first-order chi connectivity index (χ1) is 13.9. The van der Waals surface area contributed by atoms with Crippen LogP contribution in [0.15, 0.2) is 41.5 Å². The van der Waals surface area contributed by atoms with Crippen molar-refractivity contribution in [1.29, 1.82) is 0 Å². The number of hydrogen-bond donors (Lipinski definition) is 2. The number of aromatic nitrogens is 1. The van der Waals surface area contributed by atoms with E-state index in [4.69, 9.17) is 5.73 Å². The first kappa shape index (κ1) is 21.8. The highest BCUT2D eigenvalue weighted by atomic mass is 32.2. The summed E-state index contributed by atoms with van der Waals surface area (Å²) in [6.07, 6.45) is 0.935. The molecular weight excluding hydrogens is 414 g/mol. The summed E-state index contributed by atoms with van der Waals surface area (Å²) in [6, 6.07) is 6.22. The summed E-state index contributed by atoms with van der Waals surface area (Å²) in [5.41, 5.74) is 5.09. The lowest BCUT2D eigenvalue weighted by molar-refractivity contribution is 0.102. The van der Waals surface area contributed by atoms with Crippen LogP contribution in [0.25, 0.3) is 0 Å². The minimum atomic E-state index is -3.59. The van der Waals surface area contributed by atoms with Gasteiger partial charge < -0.3 is 11.1 Å². The van der Waals surface area contributed by atoms with Crippen LogP contribution in [0.3, 0.4) is 0 Å². The van der Waals surface area contributed by atoms with E-state index in [1.807, 2.05) is 0 Å². The van der Waals surface area contributed by atoms with Crippen LogP contribution in [0.2, 0.25) is 0 Å². The maximum Gasteiger partial charge on any atom is 0.274 e. The van der Waals surface area contributed by atoms with Gasteiger partial charge in [0, 0.05) is 11.3 Å². The number of aliphatic imine (C=N–C) groups is 1. The van der Waals surface area contributed by atoms with Crippen LogP contribution >= 0.6 is 0 Å². The Kier molecular flexibility index (Phi) is 5.40. The molecule has 0 fully saturated rings. The first-order valence-electron chi connectivity index (χ1n) is 9.17. The van der Waals surface area contributed by atoms with Crippen molar-refractivity contribution in [2.24, 2.45) is 10.7 Å². The molecule has 0 bridgehead atoms. The minimum Gasteiger partial charge on any atom is -0.386 e. The number of benzene rings is 1. The molecule has 0 radical (unpaired) electrons. The van der Waals surface area contributed by atoms with Crippen LogP contribution in [0.1, 0.15) is 43.2 Å². The van der Waals surface area contributed by atoms with E-state index in [1.165, 1.54) is 32.0 Å². The van der Waals surface area contributed by atoms with Crippen LogP contribution in [-0.4, -0.2) is 35.6 Å². The average Bonchev–Trinajstić information content (AvgIpc) is 2.73. The molecule has 1 aliphatic rings. The zero-order valence-electron chi connectivity index (χ0n) is 16.7. The van der Waals surface area contributed by atoms with Crippen molar-refractivity contribution in [3.05, 3.63) is 59.4 Å². The van der Waals surface area contributed by atoms with Gasteiger partial charge in [-0.15, -0.1) is 0 Å². The number of sulfone groups is 1. The van der Waals surface area contributed by atoms with Crippen LogP contribution < -0.4 is 11.1 Å². The molecule has 0 unspecified atom stereocenters. The lowest BCUT2D eigenvalue weighted by Gasteiger charge is -2.26. The number of carbonyl (C=O) groups excluding carboxylic acids is 1. The van der Waals surface area contributed by atoms with E-state index in [0.29, 0.717) is 0 Å². The van der Waals surface area contributed by atoms with E-state index in [-0.39, 0.29) is 35.0 Å². The molecule has 0 aliphatic carbocycles. The number of amidine groups is 1. The van der Waals surface area contributed by atoms with Gasteiger partial charge in [-0.25, -0.2) is 22.2 Å². The van der Waals surface area contributed by atoms with Crippen molar-refractivity contribution < 1.29 is 22.0 Å². The molecule has 1 aromatic heterocycles. The number of nitrogens with one attached hydrogen (secondary N) is 1. The Morgan fingerprint density at radius 2 is 1.87 bits per heavy atom. The fraction of sp³-hybridized carbons (Fsp3) is 0.350. The predicted molar refractivity (Wildman–Crippen MR) is 110 cm³/mol. The number of pyridine rings is 1. The van der Waals surface area contributed by atoms with Crippen molar-refractivity contribution in [2.75, 3.05) is 11.1 Å². The van der Waals surface area contributed by atoms with Gasteiger partial charge in [-0.05, 0) is 57.5 Å². The van der Waals surface area contributed by atoms with Gasteiger partial charge in [0.2, 0.25) is 0 Å². The Labute approximate surface area is 173 Å². The molecular formula is C20H22F2N4O3S. The smallest absolute Gasteiger partial charge is 0.274 e. The largest absolute Gasteiger partial charge is 0.386 e. The van der Waals surface area contributed by atoms with E-state index < -0.39 is 37.7 Å². The Hall–Kier alpha value is -2.88. The lowest BCUT2D eigenvalue weighted by Crippen LogP contribution is -2.45. The van der Waals surface area contributed by atoms with E-state index in [1.54, 1.807) is 6.92 Å². The zero-order valence-corrected chi connectivity index (χ0v) is 17.6. The second-order valence-corrected chi connectivity index (χ2v) is 10.5. The number of amides is 1. The third-order valence-corrected chi connectivity index (χ3v) is 7.89. The third kappa shape index (κ3) is 3.91. The summed E-state index contributed by atoms with van der Waals surface area (Å²) >= 11 is 0. The molecule has 3 N–H and O–H groups in total. The second kappa shape index (κ2) is 7.42. The molecule has 3 rings (SSSR count). The van der Waals surface area contributed by atoms with Gasteiger partial charge in [-0.1, -0.05) is 0 Å². The number of nitrogens with zero attached hydrogens (tertiary/aromatic N) is 2. The zero-order chi connectivity index (χ0) is 22.3. The minimum absolute atomic E-state index is 0.0157. The summed E-state index contributed by atoms with van der Waals surface area (Å²) < 4.78 is 51.5. The summed E-state index contributed by atoms with van der Waals surface area (Å²) in [7, 11) is -3.59. The Morgan fingerprint density at radius 3 is 2.50 bits per heavy atom. The van der Waals surface area contributed by atoms with Crippen LogP contribution in [0, 0.1) is 11.6 Å². The highest BCUT2D eigenvalue weighted by molar-refractivity contribution is 7.93. The number of halogens is 2. The molecule has 7 nitrogen and oxygen atoms in total. The van der Waals surface area contributed by atoms with E-state index in [2.05, 4.69) is 15.3 Å². The number of carbonyl (C=O) groups is 1. The van der Waals surface area contributed by atoms with Crippen LogP contribution in [0.4, 0.5) is 14.5 Å². The average molecular weight is 436 g/mol. The maximum absolute atomic E-state index is 14.7. The summed E-state index contributed by atoms with van der Waals surface area (Å²) in [5, 5.41) is 2.57. The molecule has 1 aromatic carbocycles. The quantitative estimate of drug-likeness (QED) is 0.768. The molecule has 10 heteroatoms. The van der Waals surface area contributed by atoms with Crippen LogP contribution in [0.5, 0.6) is 0 Å². The predicted octanol–water partition coefficient (Wildman–Crippen LogP) is 2.78. The van der Waals surface area contributed by atoms with Gasteiger partial charge in [-0.3, -0.25) is 9.79 Å². The van der Waals surface area contributed by atoms with E-state index in [9.17, 15) is 22.0 Å². The number of nitrogens with two attached hydrogens (primary N) is 1. The van der Waals surface area contributed by atoms with Crippen molar-refractivity contribution in [3.63, 3.8) is 0 Å². The Balaban J connectivity index is 1.98. The summed E-state index contributed by atoms with van der Waals surface area (Å²) in [5.74, 6) is -2.12. The normalized spacial score (nSPS) is 22.6. The Bertz CT molecular complexity index is 1130. The summed E-state index contributed by atoms with van der Waals surface area (Å²) in [6.45, 7) is 4.54. The van der Waals surface area contributed by atoms with Crippen LogP contribution in [-0.2, 0) is 15.4 Å². The van der Waals surface area contributed by atoms with Gasteiger partial charge in [0.15, 0.2) is 9.84 Å². The van der Waals surface area contributed by atoms with Crippen molar-refractivity contribution in [3.8, 4) is 0 Å². The van der Waals surface area contributed by atoms with Gasteiger partial charge in [-0.2, -0.15) is 0 Å². The number of anilines is 1. The molecule has 1 atom stereocenters. The third-order valence-electron chi connectivity index (χ3n) is 5.38. The lowest BCUT2D eigenvalue weighted by atomic mass is 9.88. The highest BCUT2D eigenvalue weighted by Gasteiger charge is 2.45. The maximum atomic E-state index is 14.7. The van der Waals surface area contributed by atoms with Crippen molar-refractivity contribution in [1.82, 2.24) is 4.98 Å². The van der Waals surface area contributed by atoms with Crippen molar-refractivity contribution in [2.45, 2.75) is 37.5 Å². The standard InChI is InChI=1S/C20H22F2N4O3S/c1-19(2)18(23)26-20(3,8-9-30(19,28)29)14-10-13(5-6-15(14)22)25-17(27)16-7-4-12(21)11-24-16/h4-7,10-11H,8-9H2,1-3H3,(H2,23,26)(H,25,27)/t20-/m0/s1. The number of hydrogen-bond acceptors (Lipinski definition) is 6. The second-order valence-electron chi connectivity index (χ2n) is 7.86. The van der Waals surface area contributed by atoms with Crippen molar-refractivity contribution >= 4 is 27.3 Å². The molecule has 1 aliphatic heterocycles. The summed E-state index contributed by atoms with van der Waals surface area (Å²) in [4.78, 5) is 20.4. The molecule has 2 aromatic rings. The van der Waals surface area contributed by atoms with Gasteiger partial charge >= 0.3 is 0 Å².